The number of carbonyl (C=O) groups is 1. The standard InChI is InChI=1S/C21H20FN3O3/c1-15-2-4-16(5-3-15)19-10-11-21(27)25(24-19)14-20(26)23-12-13-28-18-8-6-17(22)7-9-18/h2-11H,12-14H2,1H3,(H,23,26). The fourth-order valence-corrected chi connectivity index (χ4v) is 2.52. The van der Waals surface area contributed by atoms with Crippen molar-refractivity contribution in [3.63, 3.8) is 0 Å². The van der Waals surface area contributed by atoms with Crippen molar-refractivity contribution in [2.75, 3.05) is 13.2 Å². The van der Waals surface area contributed by atoms with E-state index in [0.29, 0.717) is 11.4 Å². The van der Waals surface area contributed by atoms with E-state index in [9.17, 15) is 14.0 Å². The highest BCUT2D eigenvalue weighted by Crippen LogP contribution is 2.15. The van der Waals surface area contributed by atoms with Gasteiger partial charge in [0.2, 0.25) is 5.91 Å². The molecule has 1 amide bonds. The second kappa shape index (κ2) is 8.94. The molecule has 0 fully saturated rings. The predicted octanol–water partition coefficient (Wildman–Crippen LogP) is 2.55. The molecule has 3 aromatic rings. The first-order valence-corrected chi connectivity index (χ1v) is 8.81. The number of ether oxygens (including phenoxy) is 1. The van der Waals surface area contributed by atoms with E-state index >= 15 is 0 Å². The number of halogens is 1. The summed E-state index contributed by atoms with van der Waals surface area (Å²) < 4.78 is 19.4. The number of aryl methyl sites for hydroxylation is 1. The third-order valence-electron chi connectivity index (χ3n) is 4.01. The monoisotopic (exact) mass is 381 g/mol. The topological polar surface area (TPSA) is 73.2 Å². The molecule has 2 aromatic carbocycles. The number of amides is 1. The van der Waals surface area contributed by atoms with Crippen LogP contribution in [0.25, 0.3) is 11.3 Å². The van der Waals surface area contributed by atoms with Gasteiger partial charge in [-0.15, -0.1) is 0 Å². The van der Waals surface area contributed by atoms with Gasteiger partial charge in [-0.25, -0.2) is 9.07 Å². The van der Waals surface area contributed by atoms with Crippen LogP contribution in [0.5, 0.6) is 5.75 Å². The molecule has 7 heteroatoms. The average molecular weight is 381 g/mol. The van der Waals surface area contributed by atoms with Gasteiger partial charge in [0.25, 0.3) is 5.56 Å². The van der Waals surface area contributed by atoms with Gasteiger partial charge in [-0.3, -0.25) is 9.59 Å². The molecule has 0 saturated heterocycles. The molecule has 144 valence electrons. The van der Waals surface area contributed by atoms with Gasteiger partial charge in [0.1, 0.15) is 24.7 Å². The number of aromatic nitrogens is 2. The van der Waals surface area contributed by atoms with Gasteiger partial charge < -0.3 is 10.1 Å². The fraction of sp³-hybridized carbons (Fsp3) is 0.190. The van der Waals surface area contributed by atoms with Crippen LogP contribution in [0.4, 0.5) is 4.39 Å². The lowest BCUT2D eigenvalue weighted by Crippen LogP contribution is -2.35. The van der Waals surface area contributed by atoms with Crippen LogP contribution < -0.4 is 15.6 Å². The zero-order valence-electron chi connectivity index (χ0n) is 15.4. The molecule has 0 spiro atoms. The first-order valence-electron chi connectivity index (χ1n) is 8.81. The van der Waals surface area contributed by atoms with E-state index < -0.39 is 0 Å². The van der Waals surface area contributed by atoms with Gasteiger partial charge in [0.15, 0.2) is 0 Å². The van der Waals surface area contributed by atoms with E-state index in [1.807, 2.05) is 31.2 Å². The van der Waals surface area contributed by atoms with Gasteiger partial charge in [0, 0.05) is 11.6 Å². The van der Waals surface area contributed by atoms with Crippen LogP contribution in [0.1, 0.15) is 5.56 Å². The molecule has 28 heavy (non-hydrogen) atoms. The Bertz CT molecular complexity index is 999. The van der Waals surface area contributed by atoms with Crippen molar-refractivity contribution in [3.05, 3.63) is 82.4 Å². The molecule has 0 atom stereocenters. The summed E-state index contributed by atoms with van der Waals surface area (Å²) in [5.41, 5.74) is 2.26. The van der Waals surface area contributed by atoms with Crippen molar-refractivity contribution in [2.24, 2.45) is 0 Å². The Morgan fingerprint density at radius 3 is 2.50 bits per heavy atom. The smallest absolute Gasteiger partial charge is 0.267 e. The first kappa shape index (κ1) is 19.3. The van der Waals surface area contributed by atoms with Gasteiger partial charge >= 0.3 is 0 Å². The van der Waals surface area contributed by atoms with Gasteiger partial charge in [-0.2, -0.15) is 5.10 Å². The maximum absolute atomic E-state index is 12.8. The van der Waals surface area contributed by atoms with Crippen molar-refractivity contribution in [2.45, 2.75) is 13.5 Å². The second-order valence-electron chi connectivity index (χ2n) is 6.23. The SMILES string of the molecule is Cc1ccc(-c2ccc(=O)n(CC(=O)NCCOc3ccc(F)cc3)n2)cc1. The van der Waals surface area contributed by atoms with E-state index in [-0.39, 0.29) is 37.0 Å². The highest BCUT2D eigenvalue weighted by molar-refractivity contribution is 5.75. The molecule has 6 nitrogen and oxygen atoms in total. The Kier molecular flexibility index (Phi) is 6.16. The lowest BCUT2D eigenvalue weighted by atomic mass is 10.1. The average Bonchev–Trinajstić information content (AvgIpc) is 2.69. The van der Waals surface area contributed by atoms with E-state index in [2.05, 4.69) is 10.4 Å². The zero-order valence-corrected chi connectivity index (χ0v) is 15.4. The molecule has 1 heterocycles. The van der Waals surface area contributed by atoms with E-state index in [1.54, 1.807) is 6.07 Å². The van der Waals surface area contributed by atoms with Gasteiger partial charge in [-0.05, 0) is 37.3 Å². The van der Waals surface area contributed by atoms with Gasteiger partial charge in [0.05, 0.1) is 12.2 Å². The summed E-state index contributed by atoms with van der Waals surface area (Å²) in [5, 5.41) is 6.94. The molecule has 1 aromatic heterocycles. The maximum atomic E-state index is 12.8. The van der Waals surface area contributed by atoms with E-state index in [1.165, 1.54) is 30.3 Å². The van der Waals surface area contributed by atoms with Crippen LogP contribution in [0.15, 0.2) is 65.5 Å². The Hall–Kier alpha value is -3.48. The molecule has 0 saturated carbocycles. The van der Waals surface area contributed by atoms with E-state index in [4.69, 9.17) is 4.74 Å². The zero-order chi connectivity index (χ0) is 19.9. The lowest BCUT2D eigenvalue weighted by molar-refractivity contribution is -0.122. The molecule has 0 aliphatic carbocycles. The number of carbonyl (C=O) groups excluding carboxylic acids is 1. The summed E-state index contributed by atoms with van der Waals surface area (Å²) >= 11 is 0. The van der Waals surface area contributed by atoms with Crippen LogP contribution in [-0.2, 0) is 11.3 Å². The molecule has 0 unspecified atom stereocenters. The lowest BCUT2D eigenvalue weighted by Gasteiger charge is -2.09. The summed E-state index contributed by atoms with van der Waals surface area (Å²) in [5.74, 6) is -0.177. The number of benzene rings is 2. The molecule has 0 aliphatic rings. The summed E-state index contributed by atoms with van der Waals surface area (Å²) in [6.45, 7) is 2.28. The van der Waals surface area contributed by atoms with Gasteiger partial charge in [-0.1, -0.05) is 29.8 Å². The van der Waals surface area contributed by atoms with Crippen LogP contribution in [0.2, 0.25) is 0 Å². The summed E-state index contributed by atoms with van der Waals surface area (Å²) in [6, 6.07) is 16.4. The number of nitrogens with zero attached hydrogens (tertiary/aromatic N) is 2. The van der Waals surface area contributed by atoms with Crippen LogP contribution in [0, 0.1) is 12.7 Å². The van der Waals surface area contributed by atoms with Crippen molar-refractivity contribution in [3.8, 4) is 17.0 Å². The molecule has 0 aliphatic heterocycles. The predicted molar refractivity (Wildman–Crippen MR) is 104 cm³/mol. The minimum atomic E-state index is -0.353. The van der Waals surface area contributed by atoms with Crippen LogP contribution >= 0.6 is 0 Å². The van der Waals surface area contributed by atoms with Crippen molar-refractivity contribution in [1.82, 2.24) is 15.1 Å². The molecule has 3 rings (SSSR count). The summed E-state index contributed by atoms with van der Waals surface area (Å²) in [4.78, 5) is 24.1. The molecule has 0 bridgehead atoms. The Morgan fingerprint density at radius 1 is 1.07 bits per heavy atom. The number of hydrogen-bond acceptors (Lipinski definition) is 4. The molecule has 1 N–H and O–H groups in total. The minimum absolute atomic E-state index is 0.185. The number of rotatable bonds is 7. The highest BCUT2D eigenvalue weighted by atomic mass is 19.1. The fourth-order valence-electron chi connectivity index (χ4n) is 2.52. The Labute approximate surface area is 161 Å². The first-order chi connectivity index (χ1) is 13.5. The van der Waals surface area contributed by atoms with Crippen molar-refractivity contribution >= 4 is 5.91 Å². The van der Waals surface area contributed by atoms with Crippen LogP contribution in [-0.4, -0.2) is 28.8 Å². The third-order valence-corrected chi connectivity index (χ3v) is 4.01. The molecule has 0 radical (unpaired) electrons. The normalized spacial score (nSPS) is 10.5. The number of hydrogen-bond donors (Lipinski definition) is 1. The number of nitrogens with one attached hydrogen (secondary N) is 1. The molecular weight excluding hydrogens is 361 g/mol. The minimum Gasteiger partial charge on any atom is -0.492 e. The van der Waals surface area contributed by atoms with E-state index in [0.717, 1.165) is 15.8 Å². The summed E-state index contributed by atoms with van der Waals surface area (Å²) in [7, 11) is 0. The molecular formula is C21H20FN3O3. The largest absolute Gasteiger partial charge is 0.492 e. The van der Waals surface area contributed by atoms with Crippen molar-refractivity contribution < 1.29 is 13.9 Å². The van der Waals surface area contributed by atoms with Crippen molar-refractivity contribution in [1.29, 1.82) is 0 Å². The quantitative estimate of drug-likeness (QED) is 0.639. The second-order valence-corrected chi connectivity index (χ2v) is 6.23. The Balaban J connectivity index is 1.54. The maximum Gasteiger partial charge on any atom is 0.267 e. The van der Waals surface area contributed by atoms with Crippen LogP contribution in [0.3, 0.4) is 0 Å². The Morgan fingerprint density at radius 2 is 1.79 bits per heavy atom. The highest BCUT2D eigenvalue weighted by Gasteiger charge is 2.08. The third kappa shape index (κ3) is 5.26. The summed E-state index contributed by atoms with van der Waals surface area (Å²) in [6.07, 6.45) is 0.